The summed E-state index contributed by atoms with van der Waals surface area (Å²) >= 11 is 1.11. The highest BCUT2D eigenvalue weighted by atomic mass is 32.1. The van der Waals surface area contributed by atoms with Gasteiger partial charge in [0.2, 0.25) is 5.91 Å². The van der Waals surface area contributed by atoms with Crippen LogP contribution in [0.4, 0.5) is 5.13 Å². The van der Waals surface area contributed by atoms with Crippen LogP contribution in [0.3, 0.4) is 0 Å². The predicted molar refractivity (Wildman–Crippen MR) is 69.7 cm³/mol. The third-order valence-electron chi connectivity index (χ3n) is 2.68. The van der Waals surface area contributed by atoms with Crippen LogP contribution in [-0.2, 0) is 14.3 Å². The van der Waals surface area contributed by atoms with Crippen LogP contribution in [0, 0.1) is 0 Å². The largest absolute Gasteiger partial charge is 0.480 e. The van der Waals surface area contributed by atoms with Gasteiger partial charge in [-0.05, 0) is 0 Å². The van der Waals surface area contributed by atoms with Gasteiger partial charge in [-0.3, -0.25) is 9.59 Å². The average Bonchev–Trinajstić information content (AvgIpc) is 2.85. The van der Waals surface area contributed by atoms with Gasteiger partial charge in [0.25, 0.3) is 5.91 Å². The lowest BCUT2D eigenvalue weighted by Gasteiger charge is -2.32. The van der Waals surface area contributed by atoms with E-state index in [1.807, 2.05) is 0 Å². The molecule has 0 saturated carbocycles. The SMILES string of the molecule is CC(=O)Nc1nc(C(=O)N2CCOCC2C(=O)O)cs1. The predicted octanol–water partition coefficient (Wildman–Crippen LogP) is 0.0271. The van der Waals surface area contributed by atoms with Crippen LogP contribution in [0.2, 0.25) is 0 Å². The molecule has 2 amide bonds. The molecule has 9 heteroatoms. The zero-order valence-corrected chi connectivity index (χ0v) is 11.5. The third-order valence-corrected chi connectivity index (χ3v) is 3.44. The lowest BCUT2D eigenvalue weighted by molar-refractivity contribution is -0.147. The summed E-state index contributed by atoms with van der Waals surface area (Å²) < 4.78 is 5.07. The Bertz CT molecular complexity index is 544. The Labute approximate surface area is 118 Å². The molecule has 1 aromatic rings. The second-order valence-corrected chi connectivity index (χ2v) is 5.00. The number of carboxylic acids is 1. The number of hydrogen-bond donors (Lipinski definition) is 2. The normalized spacial score (nSPS) is 18.6. The average molecular weight is 299 g/mol. The van der Waals surface area contributed by atoms with Gasteiger partial charge in [0.15, 0.2) is 11.2 Å². The molecule has 1 aromatic heterocycles. The topological polar surface area (TPSA) is 109 Å². The van der Waals surface area contributed by atoms with Crippen molar-refractivity contribution in [1.82, 2.24) is 9.88 Å². The monoisotopic (exact) mass is 299 g/mol. The maximum absolute atomic E-state index is 12.3. The molecular weight excluding hydrogens is 286 g/mol. The van der Waals surface area contributed by atoms with E-state index in [1.165, 1.54) is 17.2 Å². The minimum absolute atomic E-state index is 0.0379. The Balaban J connectivity index is 2.14. The minimum atomic E-state index is -1.12. The van der Waals surface area contributed by atoms with Gasteiger partial charge < -0.3 is 20.1 Å². The number of nitrogens with one attached hydrogen (secondary N) is 1. The van der Waals surface area contributed by atoms with E-state index in [4.69, 9.17) is 9.84 Å². The lowest BCUT2D eigenvalue weighted by Crippen LogP contribution is -2.52. The molecule has 1 aliphatic heterocycles. The molecule has 0 aliphatic carbocycles. The van der Waals surface area contributed by atoms with E-state index < -0.39 is 17.9 Å². The fraction of sp³-hybridized carbons (Fsp3) is 0.455. The molecule has 108 valence electrons. The second kappa shape index (κ2) is 5.97. The molecule has 1 atom stereocenters. The van der Waals surface area contributed by atoms with Crippen molar-refractivity contribution in [3.05, 3.63) is 11.1 Å². The highest BCUT2D eigenvalue weighted by Gasteiger charge is 2.34. The van der Waals surface area contributed by atoms with E-state index in [0.717, 1.165) is 11.3 Å². The molecule has 1 aliphatic rings. The molecule has 1 unspecified atom stereocenters. The van der Waals surface area contributed by atoms with Crippen LogP contribution >= 0.6 is 11.3 Å². The number of hydrogen-bond acceptors (Lipinski definition) is 6. The number of thiazole rings is 1. The summed E-state index contributed by atoms with van der Waals surface area (Å²) in [6.07, 6.45) is 0. The van der Waals surface area contributed by atoms with E-state index >= 15 is 0 Å². The van der Waals surface area contributed by atoms with Gasteiger partial charge in [-0.2, -0.15) is 0 Å². The summed E-state index contributed by atoms with van der Waals surface area (Å²) in [5.41, 5.74) is 0.118. The maximum atomic E-state index is 12.3. The molecule has 2 heterocycles. The first-order valence-electron chi connectivity index (χ1n) is 5.83. The first-order chi connectivity index (χ1) is 9.49. The van der Waals surface area contributed by atoms with Gasteiger partial charge in [0, 0.05) is 18.8 Å². The van der Waals surface area contributed by atoms with Gasteiger partial charge in [0.1, 0.15) is 5.69 Å². The van der Waals surface area contributed by atoms with Gasteiger partial charge in [-0.25, -0.2) is 9.78 Å². The van der Waals surface area contributed by atoms with Crippen LogP contribution in [-0.4, -0.2) is 58.6 Å². The second-order valence-electron chi connectivity index (χ2n) is 4.15. The summed E-state index contributed by atoms with van der Waals surface area (Å²) in [6, 6.07) is -1.01. The number of rotatable bonds is 3. The minimum Gasteiger partial charge on any atom is -0.480 e. The molecule has 0 spiro atoms. The fourth-order valence-corrected chi connectivity index (χ4v) is 2.51. The fourth-order valence-electron chi connectivity index (χ4n) is 1.78. The number of ether oxygens (including phenoxy) is 1. The van der Waals surface area contributed by atoms with Crippen LogP contribution in [0.5, 0.6) is 0 Å². The molecule has 1 fully saturated rings. The van der Waals surface area contributed by atoms with Crippen molar-refractivity contribution in [2.45, 2.75) is 13.0 Å². The van der Waals surface area contributed by atoms with Crippen molar-refractivity contribution in [2.75, 3.05) is 25.1 Å². The first kappa shape index (κ1) is 14.4. The smallest absolute Gasteiger partial charge is 0.328 e. The van der Waals surface area contributed by atoms with Crippen LogP contribution in [0.1, 0.15) is 17.4 Å². The Morgan fingerprint density at radius 3 is 2.95 bits per heavy atom. The van der Waals surface area contributed by atoms with Crippen molar-refractivity contribution >= 4 is 34.3 Å². The molecule has 2 rings (SSSR count). The van der Waals surface area contributed by atoms with Gasteiger partial charge in [-0.15, -0.1) is 11.3 Å². The summed E-state index contributed by atoms with van der Waals surface area (Å²) in [7, 11) is 0. The molecule has 0 aromatic carbocycles. The van der Waals surface area contributed by atoms with Gasteiger partial charge in [0.05, 0.1) is 13.2 Å². The summed E-state index contributed by atoms with van der Waals surface area (Å²) in [5, 5.41) is 13.3. The van der Waals surface area contributed by atoms with E-state index in [2.05, 4.69) is 10.3 Å². The van der Waals surface area contributed by atoms with Crippen molar-refractivity contribution in [2.24, 2.45) is 0 Å². The molecule has 0 bridgehead atoms. The summed E-state index contributed by atoms with van der Waals surface area (Å²) in [6.45, 7) is 1.79. The maximum Gasteiger partial charge on any atom is 0.328 e. The van der Waals surface area contributed by atoms with E-state index in [0.29, 0.717) is 5.13 Å². The summed E-state index contributed by atoms with van der Waals surface area (Å²) in [4.78, 5) is 39.5. The summed E-state index contributed by atoms with van der Waals surface area (Å²) in [5.74, 6) is -1.88. The van der Waals surface area contributed by atoms with Crippen LogP contribution < -0.4 is 5.32 Å². The van der Waals surface area contributed by atoms with Crippen molar-refractivity contribution in [3.8, 4) is 0 Å². The Kier molecular flexibility index (Phi) is 4.30. The number of amides is 2. The number of nitrogens with zero attached hydrogens (tertiary/aromatic N) is 2. The Morgan fingerprint density at radius 1 is 1.55 bits per heavy atom. The number of aliphatic carboxylic acids is 1. The van der Waals surface area contributed by atoms with Crippen molar-refractivity contribution in [1.29, 1.82) is 0 Å². The quantitative estimate of drug-likeness (QED) is 0.815. The Hall–Kier alpha value is -2.00. The molecule has 0 radical (unpaired) electrons. The first-order valence-corrected chi connectivity index (χ1v) is 6.71. The number of carbonyl (C=O) groups is 3. The number of carbonyl (C=O) groups excluding carboxylic acids is 2. The number of morpholine rings is 1. The Morgan fingerprint density at radius 2 is 2.30 bits per heavy atom. The zero-order chi connectivity index (χ0) is 14.7. The number of carboxylic acid groups (broad SMARTS) is 1. The molecule has 1 saturated heterocycles. The molecule has 20 heavy (non-hydrogen) atoms. The highest BCUT2D eigenvalue weighted by molar-refractivity contribution is 7.14. The lowest BCUT2D eigenvalue weighted by atomic mass is 10.2. The van der Waals surface area contributed by atoms with Crippen molar-refractivity contribution < 1.29 is 24.2 Å². The van der Waals surface area contributed by atoms with Crippen LogP contribution in [0.25, 0.3) is 0 Å². The zero-order valence-electron chi connectivity index (χ0n) is 10.7. The standard InChI is InChI=1S/C11H13N3O5S/c1-6(15)12-11-13-7(5-20-11)9(16)14-2-3-19-4-8(14)10(17)18/h5,8H,2-4H2,1H3,(H,17,18)(H,12,13,15). The third kappa shape index (κ3) is 3.11. The molecule has 2 N–H and O–H groups in total. The van der Waals surface area contributed by atoms with Crippen LogP contribution in [0.15, 0.2) is 5.38 Å². The van der Waals surface area contributed by atoms with E-state index in [9.17, 15) is 14.4 Å². The molecular formula is C11H13N3O5S. The molecule has 8 nitrogen and oxygen atoms in total. The van der Waals surface area contributed by atoms with E-state index in [-0.39, 0.29) is 31.4 Å². The number of anilines is 1. The van der Waals surface area contributed by atoms with Gasteiger partial charge in [-0.1, -0.05) is 0 Å². The number of aromatic nitrogens is 1. The van der Waals surface area contributed by atoms with Gasteiger partial charge >= 0.3 is 5.97 Å². The van der Waals surface area contributed by atoms with E-state index in [1.54, 1.807) is 0 Å². The van der Waals surface area contributed by atoms with Crippen molar-refractivity contribution in [3.63, 3.8) is 0 Å². The highest BCUT2D eigenvalue weighted by Crippen LogP contribution is 2.19.